The first kappa shape index (κ1) is 12.6. The van der Waals surface area contributed by atoms with Crippen molar-refractivity contribution in [3.8, 4) is 11.5 Å². The lowest BCUT2D eigenvalue weighted by atomic mass is 10.2. The van der Waals surface area contributed by atoms with E-state index in [-0.39, 0.29) is 0 Å². The summed E-state index contributed by atoms with van der Waals surface area (Å²) in [5, 5.41) is 1.07. The van der Waals surface area contributed by atoms with Crippen LogP contribution in [0.15, 0.2) is 54.6 Å². The molecule has 100 valence electrons. The van der Waals surface area contributed by atoms with Crippen LogP contribution in [0, 0.1) is 6.92 Å². The Morgan fingerprint density at radius 2 is 1.75 bits per heavy atom. The second-order valence-corrected chi connectivity index (χ2v) is 4.69. The van der Waals surface area contributed by atoms with Crippen LogP contribution in [0.1, 0.15) is 11.3 Å². The molecule has 3 rings (SSSR count). The Hall–Kier alpha value is -2.39. The number of hydrogen-bond donors (Lipinski definition) is 1. The third-order valence-corrected chi connectivity index (χ3v) is 3.23. The van der Waals surface area contributed by atoms with E-state index in [0.717, 1.165) is 33.7 Å². The molecule has 3 nitrogen and oxygen atoms in total. The van der Waals surface area contributed by atoms with Gasteiger partial charge in [-0.3, -0.25) is 0 Å². The van der Waals surface area contributed by atoms with Gasteiger partial charge in [0.15, 0.2) is 5.75 Å². The van der Waals surface area contributed by atoms with Gasteiger partial charge in [0.05, 0.1) is 0 Å². The standard InChI is InChI=1S/C17H16N2O/c1-12-9-10-13-6-4-8-16(17(13)19-12)20-15-7-3-2-5-14(15)11-18/h2-10H,11,18H2,1H3. The van der Waals surface area contributed by atoms with Gasteiger partial charge in [-0.15, -0.1) is 0 Å². The molecule has 0 aliphatic carbocycles. The van der Waals surface area contributed by atoms with Gasteiger partial charge < -0.3 is 10.5 Å². The molecule has 2 aromatic carbocycles. The van der Waals surface area contributed by atoms with E-state index in [0.29, 0.717) is 6.54 Å². The van der Waals surface area contributed by atoms with Gasteiger partial charge in [0, 0.05) is 23.2 Å². The fourth-order valence-electron chi connectivity index (χ4n) is 2.19. The van der Waals surface area contributed by atoms with Crippen molar-refractivity contribution in [3.05, 3.63) is 65.9 Å². The number of pyridine rings is 1. The minimum Gasteiger partial charge on any atom is -0.455 e. The molecule has 3 aromatic rings. The van der Waals surface area contributed by atoms with Crippen LogP contribution in [0.4, 0.5) is 0 Å². The van der Waals surface area contributed by atoms with Gasteiger partial charge in [-0.25, -0.2) is 4.98 Å². The molecule has 0 fully saturated rings. The molecule has 1 aromatic heterocycles. The summed E-state index contributed by atoms with van der Waals surface area (Å²) >= 11 is 0. The molecule has 3 heteroatoms. The molecule has 0 unspecified atom stereocenters. The first-order valence-corrected chi connectivity index (χ1v) is 6.60. The minimum absolute atomic E-state index is 0.452. The van der Waals surface area contributed by atoms with Crippen LogP contribution >= 0.6 is 0 Å². The first-order chi connectivity index (χ1) is 9.78. The second kappa shape index (κ2) is 5.31. The van der Waals surface area contributed by atoms with Gasteiger partial charge in [0.25, 0.3) is 0 Å². The molecule has 1 heterocycles. The molecule has 0 aliphatic heterocycles. The van der Waals surface area contributed by atoms with E-state index in [1.807, 2.05) is 55.5 Å². The lowest BCUT2D eigenvalue weighted by Crippen LogP contribution is -1.99. The number of aromatic nitrogens is 1. The molecule has 0 amide bonds. The molecule has 0 saturated heterocycles. The van der Waals surface area contributed by atoms with Crippen LogP contribution in [0.5, 0.6) is 11.5 Å². The Morgan fingerprint density at radius 3 is 2.60 bits per heavy atom. The van der Waals surface area contributed by atoms with E-state index in [9.17, 15) is 0 Å². The largest absolute Gasteiger partial charge is 0.455 e. The highest BCUT2D eigenvalue weighted by molar-refractivity contribution is 5.84. The van der Waals surface area contributed by atoms with Crippen molar-refractivity contribution in [2.75, 3.05) is 0 Å². The summed E-state index contributed by atoms with van der Waals surface area (Å²) in [5.74, 6) is 1.54. The SMILES string of the molecule is Cc1ccc2cccc(Oc3ccccc3CN)c2n1. The third kappa shape index (κ3) is 2.36. The van der Waals surface area contributed by atoms with Gasteiger partial charge in [-0.2, -0.15) is 0 Å². The fourth-order valence-corrected chi connectivity index (χ4v) is 2.19. The third-order valence-electron chi connectivity index (χ3n) is 3.23. The van der Waals surface area contributed by atoms with Crippen LogP contribution in [0.25, 0.3) is 10.9 Å². The second-order valence-electron chi connectivity index (χ2n) is 4.69. The Labute approximate surface area is 118 Å². The number of aryl methyl sites for hydroxylation is 1. The van der Waals surface area contributed by atoms with E-state index in [2.05, 4.69) is 11.1 Å². The fraction of sp³-hybridized carbons (Fsp3) is 0.118. The van der Waals surface area contributed by atoms with E-state index < -0.39 is 0 Å². The van der Waals surface area contributed by atoms with Gasteiger partial charge in [-0.05, 0) is 25.1 Å². The lowest BCUT2D eigenvalue weighted by Gasteiger charge is -2.11. The summed E-state index contributed by atoms with van der Waals surface area (Å²) < 4.78 is 6.03. The topological polar surface area (TPSA) is 48.1 Å². The summed E-state index contributed by atoms with van der Waals surface area (Å²) in [6.45, 7) is 2.43. The van der Waals surface area contributed by atoms with Gasteiger partial charge >= 0.3 is 0 Å². The van der Waals surface area contributed by atoms with E-state index >= 15 is 0 Å². The summed E-state index contributed by atoms with van der Waals surface area (Å²) in [7, 11) is 0. The normalized spacial score (nSPS) is 10.7. The maximum atomic E-state index is 6.03. The maximum Gasteiger partial charge on any atom is 0.153 e. The molecular weight excluding hydrogens is 248 g/mol. The number of nitrogens with zero attached hydrogens (tertiary/aromatic N) is 1. The Morgan fingerprint density at radius 1 is 0.950 bits per heavy atom. The van der Waals surface area contributed by atoms with Crippen LogP contribution < -0.4 is 10.5 Å². The van der Waals surface area contributed by atoms with E-state index in [1.54, 1.807) is 0 Å². The predicted octanol–water partition coefficient (Wildman–Crippen LogP) is 3.79. The predicted molar refractivity (Wildman–Crippen MR) is 80.9 cm³/mol. The zero-order valence-corrected chi connectivity index (χ0v) is 11.3. The quantitative estimate of drug-likeness (QED) is 0.782. The Kier molecular flexibility index (Phi) is 3.35. The van der Waals surface area contributed by atoms with Crippen molar-refractivity contribution < 1.29 is 4.74 Å². The molecule has 20 heavy (non-hydrogen) atoms. The Bertz CT molecular complexity index is 753. The summed E-state index contributed by atoms with van der Waals surface area (Å²) in [6, 6.07) is 17.8. The molecule has 2 N–H and O–H groups in total. The summed E-state index contributed by atoms with van der Waals surface area (Å²) in [6.07, 6.45) is 0. The minimum atomic E-state index is 0.452. The van der Waals surface area contributed by atoms with Gasteiger partial charge in [-0.1, -0.05) is 36.4 Å². The average molecular weight is 264 g/mol. The highest BCUT2D eigenvalue weighted by Crippen LogP contribution is 2.30. The van der Waals surface area contributed by atoms with E-state index in [1.165, 1.54) is 0 Å². The monoisotopic (exact) mass is 264 g/mol. The van der Waals surface area contributed by atoms with Crippen LogP contribution in [0.2, 0.25) is 0 Å². The van der Waals surface area contributed by atoms with Crippen LogP contribution in [-0.2, 0) is 6.54 Å². The zero-order chi connectivity index (χ0) is 13.9. The highest BCUT2D eigenvalue weighted by Gasteiger charge is 2.07. The highest BCUT2D eigenvalue weighted by atomic mass is 16.5. The molecular formula is C17H16N2O. The van der Waals surface area contributed by atoms with Crippen molar-refractivity contribution in [3.63, 3.8) is 0 Å². The maximum absolute atomic E-state index is 6.03. The van der Waals surface area contributed by atoms with Crippen molar-refractivity contribution in [2.24, 2.45) is 5.73 Å². The Balaban J connectivity index is 2.08. The smallest absolute Gasteiger partial charge is 0.153 e. The molecule has 0 radical (unpaired) electrons. The number of ether oxygens (including phenoxy) is 1. The summed E-state index contributed by atoms with van der Waals surface area (Å²) in [5.41, 5.74) is 8.58. The number of hydrogen-bond acceptors (Lipinski definition) is 3. The van der Waals surface area contributed by atoms with Gasteiger partial charge in [0.1, 0.15) is 11.3 Å². The zero-order valence-electron chi connectivity index (χ0n) is 11.3. The molecule has 0 saturated carbocycles. The van der Waals surface area contributed by atoms with E-state index in [4.69, 9.17) is 10.5 Å². The molecule has 0 bridgehead atoms. The number of para-hydroxylation sites is 2. The van der Waals surface area contributed by atoms with Crippen LogP contribution in [-0.4, -0.2) is 4.98 Å². The van der Waals surface area contributed by atoms with Gasteiger partial charge in [0.2, 0.25) is 0 Å². The first-order valence-electron chi connectivity index (χ1n) is 6.60. The number of fused-ring (bicyclic) bond motifs is 1. The molecule has 0 atom stereocenters. The van der Waals surface area contributed by atoms with Crippen LogP contribution in [0.3, 0.4) is 0 Å². The lowest BCUT2D eigenvalue weighted by molar-refractivity contribution is 0.480. The number of nitrogens with two attached hydrogens (primary N) is 1. The van der Waals surface area contributed by atoms with Crippen molar-refractivity contribution in [1.29, 1.82) is 0 Å². The van der Waals surface area contributed by atoms with Crippen molar-refractivity contribution in [2.45, 2.75) is 13.5 Å². The average Bonchev–Trinajstić information content (AvgIpc) is 2.48. The number of benzene rings is 2. The van der Waals surface area contributed by atoms with Crippen molar-refractivity contribution >= 4 is 10.9 Å². The summed E-state index contributed by atoms with van der Waals surface area (Å²) in [4.78, 5) is 4.57. The number of rotatable bonds is 3. The van der Waals surface area contributed by atoms with Crippen molar-refractivity contribution in [1.82, 2.24) is 4.98 Å². The molecule has 0 spiro atoms. The molecule has 0 aliphatic rings.